The van der Waals surface area contributed by atoms with Crippen molar-refractivity contribution in [3.8, 4) is 0 Å². The first-order chi connectivity index (χ1) is 10.9. The molecule has 0 saturated carbocycles. The van der Waals surface area contributed by atoms with Crippen LogP contribution >= 0.6 is 0 Å². The zero-order valence-electron chi connectivity index (χ0n) is 13.3. The lowest BCUT2D eigenvalue weighted by atomic mass is 10.1. The Balaban J connectivity index is 2.31. The van der Waals surface area contributed by atoms with Gasteiger partial charge in [0.15, 0.2) is 6.23 Å². The highest BCUT2D eigenvalue weighted by Crippen LogP contribution is 2.30. The van der Waals surface area contributed by atoms with Crippen molar-refractivity contribution in [1.29, 1.82) is 0 Å². The summed E-state index contributed by atoms with van der Waals surface area (Å²) in [5, 5.41) is 19.5. The molecule has 0 radical (unpaired) electrons. The van der Waals surface area contributed by atoms with Crippen molar-refractivity contribution < 1.29 is 24.4 Å². The number of H-pyrrole nitrogens is 1. The van der Waals surface area contributed by atoms with E-state index >= 15 is 0 Å². The molecule has 1 saturated heterocycles. The highest BCUT2D eigenvalue weighted by molar-refractivity contribution is 5.03. The van der Waals surface area contributed by atoms with E-state index in [1.807, 2.05) is 0 Å². The molecule has 3 N–H and O–H groups in total. The predicted octanol–water partition coefficient (Wildman–Crippen LogP) is -1.48. The van der Waals surface area contributed by atoms with E-state index in [-0.39, 0.29) is 12.7 Å². The van der Waals surface area contributed by atoms with Crippen molar-refractivity contribution in [2.24, 2.45) is 0 Å². The van der Waals surface area contributed by atoms with Gasteiger partial charge in [-0.3, -0.25) is 14.3 Å². The maximum Gasteiger partial charge on any atom is 0.330 e. The zero-order chi connectivity index (χ0) is 17.1. The summed E-state index contributed by atoms with van der Waals surface area (Å²) in [6, 6.07) is 0. The monoisotopic (exact) mass is 330 g/mol. The Morgan fingerprint density at radius 1 is 1.48 bits per heavy atom. The molecule has 0 bridgehead atoms. The molecule has 1 aliphatic heterocycles. The Morgan fingerprint density at radius 2 is 2.17 bits per heavy atom. The van der Waals surface area contributed by atoms with Crippen molar-refractivity contribution in [2.45, 2.75) is 44.5 Å². The molecule has 3 unspecified atom stereocenters. The molecule has 130 valence electrons. The smallest absolute Gasteiger partial charge is 0.330 e. The molecular formula is C14H22N2O7. The number of nitrogens with zero attached hydrogens (tertiary/aromatic N) is 1. The SMILES string of the molecule is COC(C)COC1C(O)[C@@H](CO)O[C@H]1n1cc(C)c(=O)[nH]c1=O. The van der Waals surface area contributed by atoms with Crippen LogP contribution < -0.4 is 11.2 Å². The fraction of sp³-hybridized carbons (Fsp3) is 0.714. The molecule has 2 heterocycles. The lowest BCUT2D eigenvalue weighted by Crippen LogP contribution is -2.41. The number of nitrogens with one attached hydrogen (secondary N) is 1. The van der Waals surface area contributed by atoms with Gasteiger partial charge in [-0.1, -0.05) is 0 Å². The lowest BCUT2D eigenvalue weighted by molar-refractivity contribution is -0.0943. The van der Waals surface area contributed by atoms with Crippen LogP contribution in [0.15, 0.2) is 15.8 Å². The van der Waals surface area contributed by atoms with Crippen LogP contribution in [0.4, 0.5) is 0 Å². The van der Waals surface area contributed by atoms with Gasteiger partial charge in [-0.05, 0) is 13.8 Å². The molecule has 1 fully saturated rings. The van der Waals surface area contributed by atoms with Gasteiger partial charge in [-0.2, -0.15) is 0 Å². The second-order valence-corrected chi connectivity index (χ2v) is 5.56. The van der Waals surface area contributed by atoms with Crippen molar-refractivity contribution in [1.82, 2.24) is 9.55 Å². The minimum atomic E-state index is -1.12. The van der Waals surface area contributed by atoms with Crippen molar-refractivity contribution in [3.05, 3.63) is 32.6 Å². The Kier molecular flexibility index (Phi) is 5.71. The molecule has 1 aromatic rings. The van der Waals surface area contributed by atoms with Gasteiger partial charge in [0, 0.05) is 18.9 Å². The van der Waals surface area contributed by atoms with Gasteiger partial charge in [0.1, 0.15) is 18.3 Å². The molecule has 1 aromatic heterocycles. The average Bonchev–Trinajstić information content (AvgIpc) is 2.84. The van der Waals surface area contributed by atoms with E-state index in [1.54, 1.807) is 13.8 Å². The van der Waals surface area contributed by atoms with E-state index in [1.165, 1.54) is 13.3 Å². The molecule has 9 heteroatoms. The number of aromatic amines is 1. The van der Waals surface area contributed by atoms with E-state index in [9.17, 15) is 19.8 Å². The molecule has 0 aromatic carbocycles. The Bertz CT molecular complexity index is 641. The van der Waals surface area contributed by atoms with Gasteiger partial charge in [-0.25, -0.2) is 4.79 Å². The highest BCUT2D eigenvalue weighted by Gasteiger charge is 2.45. The third-order valence-electron chi connectivity index (χ3n) is 3.84. The summed E-state index contributed by atoms with van der Waals surface area (Å²) in [5.74, 6) is 0. The van der Waals surface area contributed by atoms with Crippen molar-refractivity contribution >= 4 is 0 Å². The van der Waals surface area contributed by atoms with Gasteiger partial charge in [0.25, 0.3) is 5.56 Å². The van der Waals surface area contributed by atoms with Crippen LogP contribution in [0.2, 0.25) is 0 Å². The van der Waals surface area contributed by atoms with Crippen LogP contribution in [0, 0.1) is 6.92 Å². The number of hydrogen-bond acceptors (Lipinski definition) is 7. The fourth-order valence-corrected chi connectivity index (χ4v) is 2.36. The van der Waals surface area contributed by atoms with Crippen LogP contribution in [0.1, 0.15) is 18.7 Å². The number of hydrogen-bond donors (Lipinski definition) is 3. The number of aryl methyl sites for hydroxylation is 1. The average molecular weight is 330 g/mol. The summed E-state index contributed by atoms with van der Waals surface area (Å²) in [6.45, 7) is 3.09. The maximum atomic E-state index is 12.0. The molecule has 23 heavy (non-hydrogen) atoms. The van der Waals surface area contributed by atoms with E-state index < -0.39 is 42.4 Å². The predicted molar refractivity (Wildman–Crippen MR) is 79.3 cm³/mol. The topological polar surface area (TPSA) is 123 Å². The minimum absolute atomic E-state index is 0.174. The van der Waals surface area contributed by atoms with Gasteiger partial charge in [0.05, 0.1) is 19.3 Å². The number of methoxy groups -OCH3 is 1. The van der Waals surface area contributed by atoms with E-state index in [0.29, 0.717) is 5.56 Å². The normalized spacial score (nSPS) is 28.9. The van der Waals surface area contributed by atoms with E-state index in [2.05, 4.69) is 4.98 Å². The first-order valence-electron chi connectivity index (χ1n) is 7.29. The minimum Gasteiger partial charge on any atom is -0.394 e. The van der Waals surface area contributed by atoms with Crippen LogP contribution in [0.25, 0.3) is 0 Å². The number of aliphatic hydroxyl groups excluding tert-OH is 2. The van der Waals surface area contributed by atoms with Crippen molar-refractivity contribution in [2.75, 3.05) is 20.3 Å². The van der Waals surface area contributed by atoms with Gasteiger partial charge in [-0.15, -0.1) is 0 Å². The number of ether oxygens (including phenoxy) is 3. The van der Waals surface area contributed by atoms with Crippen LogP contribution in [-0.4, -0.2) is 64.5 Å². The molecule has 0 aliphatic carbocycles. The number of aromatic nitrogens is 2. The van der Waals surface area contributed by atoms with Gasteiger partial charge >= 0.3 is 5.69 Å². The number of rotatable bonds is 6. The number of aliphatic hydroxyl groups is 2. The Morgan fingerprint density at radius 3 is 2.78 bits per heavy atom. The molecule has 2 rings (SSSR count). The van der Waals surface area contributed by atoms with E-state index in [4.69, 9.17) is 14.2 Å². The summed E-state index contributed by atoms with van der Waals surface area (Å²) in [6.07, 6.45) is -2.73. The summed E-state index contributed by atoms with van der Waals surface area (Å²) in [4.78, 5) is 25.7. The van der Waals surface area contributed by atoms with Gasteiger partial charge in [0.2, 0.25) is 0 Å². The third-order valence-corrected chi connectivity index (χ3v) is 3.84. The molecule has 1 aliphatic rings. The second-order valence-electron chi connectivity index (χ2n) is 5.56. The summed E-state index contributed by atoms with van der Waals surface area (Å²) >= 11 is 0. The lowest BCUT2D eigenvalue weighted by Gasteiger charge is -2.23. The third kappa shape index (κ3) is 3.70. The quantitative estimate of drug-likeness (QED) is 0.581. The first kappa shape index (κ1) is 17.8. The standard InChI is InChI=1S/C14H22N2O7/c1-7-4-16(14(20)15-12(7)19)13-11(22-6-8(2)21-3)10(18)9(5-17)23-13/h4,8-11,13,17-18H,5-6H2,1-3H3,(H,15,19,20)/t8?,9-,10?,11?,13-/m1/s1. The van der Waals surface area contributed by atoms with Gasteiger partial charge < -0.3 is 24.4 Å². The fourth-order valence-electron chi connectivity index (χ4n) is 2.36. The molecular weight excluding hydrogens is 308 g/mol. The Hall–Kier alpha value is -1.52. The first-order valence-corrected chi connectivity index (χ1v) is 7.29. The summed E-state index contributed by atoms with van der Waals surface area (Å²) < 4.78 is 17.4. The maximum absolute atomic E-state index is 12.0. The van der Waals surface area contributed by atoms with Crippen molar-refractivity contribution in [3.63, 3.8) is 0 Å². The molecule has 0 amide bonds. The Labute approximate surface area is 132 Å². The highest BCUT2D eigenvalue weighted by atomic mass is 16.6. The largest absolute Gasteiger partial charge is 0.394 e. The summed E-state index contributed by atoms with van der Waals surface area (Å²) in [5.41, 5.74) is -0.849. The summed E-state index contributed by atoms with van der Waals surface area (Å²) in [7, 11) is 1.53. The second kappa shape index (κ2) is 7.37. The zero-order valence-corrected chi connectivity index (χ0v) is 13.3. The van der Waals surface area contributed by atoms with Crippen LogP contribution in [0.3, 0.4) is 0 Å². The van der Waals surface area contributed by atoms with Crippen LogP contribution in [-0.2, 0) is 14.2 Å². The van der Waals surface area contributed by atoms with Crippen LogP contribution in [0.5, 0.6) is 0 Å². The molecule has 0 spiro atoms. The van der Waals surface area contributed by atoms with E-state index in [0.717, 1.165) is 4.57 Å². The molecule has 5 atom stereocenters. The molecule has 9 nitrogen and oxygen atoms in total.